The molecule has 10 heavy (non-hydrogen) atoms. The lowest BCUT2D eigenvalue weighted by Gasteiger charge is -2.10. The van der Waals surface area contributed by atoms with Crippen LogP contribution in [0.15, 0.2) is 25.6 Å². The highest BCUT2D eigenvalue weighted by atomic mass is 79.9. The third kappa shape index (κ3) is 1.74. The van der Waals surface area contributed by atoms with Gasteiger partial charge in [-0.1, -0.05) is 53.5 Å². The monoisotopic (exact) mass is 327 g/mol. The Labute approximate surface area is 83.8 Å². The predicted molar refractivity (Wildman–Crippen MR) is 49.0 cm³/mol. The number of benzene rings is 1. The molecule has 0 heterocycles. The average Bonchev–Trinajstić information content (AvgIpc) is 1.82. The standard InChI is InChI=1S/C6H3Br3O/c7-3-1-4(8)6(10)5(9)2-3/h1-2,10H/p-1. The van der Waals surface area contributed by atoms with E-state index in [0.29, 0.717) is 8.95 Å². The molecule has 4 heteroatoms. The maximum atomic E-state index is 11.0. The highest BCUT2D eigenvalue weighted by Crippen LogP contribution is 2.32. The molecule has 0 aliphatic heterocycles. The molecule has 0 N–H and O–H groups in total. The molecule has 0 aliphatic carbocycles. The normalized spacial score (nSPS) is 9.90. The van der Waals surface area contributed by atoms with E-state index in [1.54, 1.807) is 12.1 Å². The van der Waals surface area contributed by atoms with E-state index in [9.17, 15) is 5.11 Å². The molecule has 0 unspecified atom stereocenters. The van der Waals surface area contributed by atoms with Crippen molar-refractivity contribution < 1.29 is 5.11 Å². The molecular weight excluding hydrogens is 328 g/mol. The van der Waals surface area contributed by atoms with Gasteiger partial charge in [-0.25, -0.2) is 0 Å². The lowest BCUT2D eigenvalue weighted by molar-refractivity contribution is -0.270. The lowest BCUT2D eigenvalue weighted by atomic mass is 10.3. The summed E-state index contributed by atoms with van der Waals surface area (Å²) in [5, 5.41) is 11.0. The first-order valence-electron chi connectivity index (χ1n) is 2.43. The minimum absolute atomic E-state index is 0.0248. The maximum absolute atomic E-state index is 11.0. The fourth-order valence-corrected chi connectivity index (χ4v) is 2.79. The quantitative estimate of drug-likeness (QED) is 0.717. The smallest absolute Gasteiger partial charge is 0.0197 e. The molecule has 1 rings (SSSR count). The van der Waals surface area contributed by atoms with Crippen LogP contribution in [0.4, 0.5) is 0 Å². The summed E-state index contributed by atoms with van der Waals surface area (Å²) in [4.78, 5) is 0. The van der Waals surface area contributed by atoms with Gasteiger partial charge in [0.2, 0.25) is 0 Å². The van der Waals surface area contributed by atoms with Crippen molar-refractivity contribution in [3.8, 4) is 5.75 Å². The zero-order valence-electron chi connectivity index (χ0n) is 4.70. The van der Waals surface area contributed by atoms with Gasteiger partial charge in [-0.3, -0.25) is 0 Å². The van der Waals surface area contributed by atoms with Gasteiger partial charge in [0.1, 0.15) is 0 Å². The molecule has 1 nitrogen and oxygen atoms in total. The Morgan fingerprint density at radius 2 is 1.40 bits per heavy atom. The van der Waals surface area contributed by atoms with E-state index in [1.165, 1.54) is 0 Å². The Morgan fingerprint density at radius 3 is 1.80 bits per heavy atom. The lowest BCUT2D eigenvalue weighted by Crippen LogP contribution is -1.91. The van der Waals surface area contributed by atoms with Gasteiger partial charge in [0.05, 0.1) is 0 Å². The van der Waals surface area contributed by atoms with Crippen LogP contribution in [0.5, 0.6) is 5.75 Å². The predicted octanol–water partition coefficient (Wildman–Crippen LogP) is 3.05. The molecule has 1 aromatic carbocycles. The van der Waals surface area contributed by atoms with Crippen molar-refractivity contribution in [2.75, 3.05) is 0 Å². The molecule has 0 atom stereocenters. The van der Waals surface area contributed by atoms with Gasteiger partial charge in [0, 0.05) is 13.4 Å². The molecule has 0 spiro atoms. The summed E-state index contributed by atoms with van der Waals surface area (Å²) < 4.78 is 2.01. The second kappa shape index (κ2) is 3.24. The first-order valence-corrected chi connectivity index (χ1v) is 4.80. The summed E-state index contributed by atoms with van der Waals surface area (Å²) in [6.07, 6.45) is 0. The van der Waals surface area contributed by atoms with Crippen LogP contribution in [0.1, 0.15) is 0 Å². The summed E-state index contributed by atoms with van der Waals surface area (Å²) in [6.45, 7) is 0. The van der Waals surface area contributed by atoms with Crippen LogP contribution in [0.25, 0.3) is 0 Å². The molecule has 0 saturated carbocycles. The second-order valence-corrected chi connectivity index (χ2v) is 4.32. The van der Waals surface area contributed by atoms with Crippen molar-refractivity contribution in [1.82, 2.24) is 0 Å². The number of halogens is 3. The van der Waals surface area contributed by atoms with E-state index < -0.39 is 0 Å². The molecule has 54 valence electrons. The Bertz CT molecular complexity index is 236. The van der Waals surface area contributed by atoms with Gasteiger partial charge in [0.25, 0.3) is 0 Å². The van der Waals surface area contributed by atoms with E-state index in [-0.39, 0.29) is 5.75 Å². The van der Waals surface area contributed by atoms with E-state index in [4.69, 9.17) is 0 Å². The van der Waals surface area contributed by atoms with Crippen molar-refractivity contribution in [1.29, 1.82) is 0 Å². The first kappa shape index (κ1) is 8.56. The summed E-state index contributed by atoms with van der Waals surface area (Å²) in [5.74, 6) is -0.0248. The van der Waals surface area contributed by atoms with Crippen LogP contribution in [0.2, 0.25) is 0 Å². The summed E-state index contributed by atoms with van der Waals surface area (Å²) >= 11 is 9.50. The van der Waals surface area contributed by atoms with Crippen molar-refractivity contribution in [2.24, 2.45) is 0 Å². The molecule has 0 fully saturated rings. The number of rotatable bonds is 0. The SMILES string of the molecule is [O-]c1c(Br)cc(Br)cc1Br. The third-order valence-corrected chi connectivity index (χ3v) is 2.60. The zero-order chi connectivity index (χ0) is 7.72. The molecule has 0 bridgehead atoms. The van der Waals surface area contributed by atoms with Crippen LogP contribution in [0, 0.1) is 0 Å². The number of hydrogen-bond donors (Lipinski definition) is 0. The topological polar surface area (TPSA) is 23.1 Å². The van der Waals surface area contributed by atoms with Gasteiger partial charge in [-0.15, -0.1) is 0 Å². The fraction of sp³-hybridized carbons (Fsp3) is 0. The third-order valence-electron chi connectivity index (χ3n) is 0.963. The zero-order valence-corrected chi connectivity index (χ0v) is 9.45. The first-order chi connectivity index (χ1) is 4.61. The molecule has 1 aromatic rings. The fourth-order valence-electron chi connectivity index (χ4n) is 0.529. The van der Waals surface area contributed by atoms with Crippen LogP contribution in [-0.4, -0.2) is 0 Å². The van der Waals surface area contributed by atoms with Crippen molar-refractivity contribution >= 4 is 47.8 Å². The van der Waals surface area contributed by atoms with Crippen molar-refractivity contribution in [3.63, 3.8) is 0 Å². The summed E-state index contributed by atoms with van der Waals surface area (Å²) in [6, 6.07) is 3.43. The van der Waals surface area contributed by atoms with Crippen molar-refractivity contribution in [3.05, 3.63) is 25.6 Å². The second-order valence-electron chi connectivity index (χ2n) is 1.70. The van der Waals surface area contributed by atoms with Gasteiger partial charge in [-0.05, 0) is 12.1 Å². The Kier molecular flexibility index (Phi) is 2.77. The minimum atomic E-state index is -0.0248. The Balaban J connectivity index is 3.31. The molecule has 0 amide bonds. The van der Waals surface area contributed by atoms with Crippen LogP contribution in [-0.2, 0) is 0 Å². The van der Waals surface area contributed by atoms with Gasteiger partial charge in [-0.2, -0.15) is 0 Å². The van der Waals surface area contributed by atoms with Crippen molar-refractivity contribution in [2.45, 2.75) is 0 Å². The van der Waals surface area contributed by atoms with Gasteiger partial charge < -0.3 is 5.11 Å². The maximum Gasteiger partial charge on any atom is 0.0197 e. The average molecular weight is 330 g/mol. The van der Waals surface area contributed by atoms with E-state index >= 15 is 0 Å². The molecular formula is C6H2Br3O-. The van der Waals surface area contributed by atoms with Gasteiger partial charge in [0.15, 0.2) is 0 Å². The summed E-state index contributed by atoms with van der Waals surface area (Å²) in [7, 11) is 0. The molecule has 0 aromatic heterocycles. The van der Waals surface area contributed by atoms with E-state index in [0.717, 1.165) is 4.47 Å². The van der Waals surface area contributed by atoms with Crippen LogP contribution >= 0.6 is 47.8 Å². The summed E-state index contributed by atoms with van der Waals surface area (Å²) in [5.41, 5.74) is 0. The highest BCUT2D eigenvalue weighted by molar-refractivity contribution is 9.11. The Morgan fingerprint density at radius 1 is 1.00 bits per heavy atom. The largest absolute Gasteiger partial charge is 0.871 e. The molecule has 0 radical (unpaired) electrons. The van der Waals surface area contributed by atoms with Crippen LogP contribution < -0.4 is 5.11 Å². The van der Waals surface area contributed by atoms with Crippen LogP contribution in [0.3, 0.4) is 0 Å². The highest BCUT2D eigenvalue weighted by Gasteiger charge is 1.95. The molecule has 0 saturated heterocycles. The van der Waals surface area contributed by atoms with Gasteiger partial charge >= 0.3 is 0 Å². The van der Waals surface area contributed by atoms with E-state index in [2.05, 4.69) is 47.8 Å². The van der Waals surface area contributed by atoms with E-state index in [1.807, 2.05) is 0 Å². The molecule has 0 aliphatic rings. The Hall–Kier alpha value is 0.460. The number of hydrogen-bond acceptors (Lipinski definition) is 1. The minimum Gasteiger partial charge on any atom is -0.871 e.